The molecule has 1 N–H and O–H groups in total. The number of rotatable bonds is 4. The number of esters is 1. The number of halogens is 3. The first kappa shape index (κ1) is 14.9. The Hall–Kier alpha value is -2.50. The van der Waals surface area contributed by atoms with E-state index in [0.29, 0.717) is 11.8 Å². The van der Waals surface area contributed by atoms with Crippen LogP contribution < -0.4 is 5.32 Å². The molecule has 0 fully saturated rings. The zero-order valence-electron chi connectivity index (χ0n) is 11.1. The fourth-order valence-corrected chi connectivity index (χ4v) is 1.83. The van der Waals surface area contributed by atoms with Gasteiger partial charge in [0, 0.05) is 17.3 Å². The van der Waals surface area contributed by atoms with Crippen molar-refractivity contribution in [3.8, 4) is 0 Å². The van der Waals surface area contributed by atoms with Gasteiger partial charge in [-0.3, -0.25) is 0 Å². The Morgan fingerprint density at radius 3 is 2.24 bits per heavy atom. The van der Waals surface area contributed by atoms with Crippen molar-refractivity contribution in [2.45, 2.75) is 6.04 Å². The van der Waals surface area contributed by atoms with Crippen molar-refractivity contribution >= 4 is 11.7 Å². The van der Waals surface area contributed by atoms with Crippen LogP contribution in [0.1, 0.15) is 11.6 Å². The van der Waals surface area contributed by atoms with Gasteiger partial charge < -0.3 is 10.1 Å². The first-order valence-corrected chi connectivity index (χ1v) is 6.06. The molecule has 0 aromatic heterocycles. The van der Waals surface area contributed by atoms with Crippen molar-refractivity contribution in [2.75, 3.05) is 12.4 Å². The lowest BCUT2D eigenvalue weighted by atomic mass is 10.1. The lowest BCUT2D eigenvalue weighted by Gasteiger charge is -2.18. The number of benzene rings is 2. The van der Waals surface area contributed by atoms with Crippen LogP contribution >= 0.6 is 0 Å². The SMILES string of the molecule is COC(=O)C(Nc1ccc(F)cc1)c1ccc(F)cc1F. The molecule has 0 radical (unpaired) electrons. The zero-order chi connectivity index (χ0) is 15.4. The number of methoxy groups -OCH3 is 1. The second kappa shape index (κ2) is 6.30. The van der Waals surface area contributed by atoms with Gasteiger partial charge in [0.25, 0.3) is 0 Å². The van der Waals surface area contributed by atoms with Gasteiger partial charge in [-0.25, -0.2) is 18.0 Å². The monoisotopic (exact) mass is 295 g/mol. The predicted octanol–water partition coefficient (Wildman–Crippen LogP) is 3.43. The molecule has 0 aliphatic heterocycles. The molecular formula is C15H12F3NO2. The van der Waals surface area contributed by atoms with Crippen molar-refractivity contribution < 1.29 is 22.7 Å². The molecular weight excluding hydrogens is 283 g/mol. The maximum absolute atomic E-state index is 13.8. The average molecular weight is 295 g/mol. The van der Waals surface area contributed by atoms with E-state index in [1.165, 1.54) is 24.3 Å². The lowest BCUT2D eigenvalue weighted by Crippen LogP contribution is -2.23. The van der Waals surface area contributed by atoms with Gasteiger partial charge in [-0.15, -0.1) is 0 Å². The van der Waals surface area contributed by atoms with Crippen molar-refractivity contribution in [3.63, 3.8) is 0 Å². The molecule has 0 bridgehead atoms. The number of carbonyl (C=O) groups excluding carboxylic acids is 1. The van der Waals surface area contributed by atoms with Crippen LogP contribution in [-0.4, -0.2) is 13.1 Å². The highest BCUT2D eigenvalue weighted by Gasteiger charge is 2.24. The number of ether oxygens (including phenoxy) is 1. The van der Waals surface area contributed by atoms with Gasteiger partial charge in [-0.2, -0.15) is 0 Å². The van der Waals surface area contributed by atoms with Crippen molar-refractivity contribution in [1.29, 1.82) is 0 Å². The molecule has 6 heteroatoms. The minimum Gasteiger partial charge on any atom is -0.467 e. The summed E-state index contributed by atoms with van der Waals surface area (Å²) < 4.78 is 44.2. The van der Waals surface area contributed by atoms with E-state index >= 15 is 0 Å². The van der Waals surface area contributed by atoms with E-state index in [-0.39, 0.29) is 5.56 Å². The lowest BCUT2D eigenvalue weighted by molar-refractivity contribution is -0.141. The Morgan fingerprint density at radius 2 is 1.67 bits per heavy atom. The van der Waals surface area contributed by atoms with Gasteiger partial charge in [-0.05, 0) is 30.3 Å². The van der Waals surface area contributed by atoms with Crippen LogP contribution in [0.4, 0.5) is 18.9 Å². The smallest absolute Gasteiger partial charge is 0.333 e. The Bertz CT molecular complexity index is 644. The summed E-state index contributed by atoms with van der Waals surface area (Å²) in [5.74, 6) is -2.81. The standard InChI is InChI=1S/C15H12F3NO2/c1-21-15(20)14(12-7-4-10(17)8-13(12)18)19-11-5-2-9(16)3-6-11/h2-8,14,19H,1H3. The van der Waals surface area contributed by atoms with E-state index in [4.69, 9.17) is 0 Å². The van der Waals surface area contributed by atoms with Gasteiger partial charge in [-0.1, -0.05) is 6.07 Å². The van der Waals surface area contributed by atoms with E-state index < -0.39 is 29.5 Å². The van der Waals surface area contributed by atoms with Crippen LogP contribution in [0.25, 0.3) is 0 Å². The third kappa shape index (κ3) is 3.53. The fraction of sp³-hybridized carbons (Fsp3) is 0.133. The summed E-state index contributed by atoms with van der Waals surface area (Å²) in [5, 5.41) is 2.73. The van der Waals surface area contributed by atoms with Crippen LogP contribution in [0.2, 0.25) is 0 Å². The van der Waals surface area contributed by atoms with Crippen molar-refractivity contribution in [2.24, 2.45) is 0 Å². The first-order chi connectivity index (χ1) is 10.0. The Morgan fingerprint density at radius 1 is 1.05 bits per heavy atom. The van der Waals surface area contributed by atoms with Crippen LogP contribution in [0.15, 0.2) is 42.5 Å². The highest BCUT2D eigenvalue weighted by atomic mass is 19.1. The van der Waals surface area contributed by atoms with Crippen LogP contribution in [-0.2, 0) is 9.53 Å². The van der Waals surface area contributed by atoms with E-state index in [1.54, 1.807) is 0 Å². The van der Waals surface area contributed by atoms with Gasteiger partial charge in [0.1, 0.15) is 17.5 Å². The molecule has 0 aliphatic carbocycles. The molecule has 21 heavy (non-hydrogen) atoms. The predicted molar refractivity (Wildman–Crippen MR) is 71.1 cm³/mol. The molecule has 0 aliphatic rings. The van der Waals surface area contributed by atoms with E-state index in [9.17, 15) is 18.0 Å². The van der Waals surface area contributed by atoms with Crippen molar-refractivity contribution in [3.05, 3.63) is 65.5 Å². The number of nitrogens with one attached hydrogen (secondary N) is 1. The molecule has 2 aromatic carbocycles. The molecule has 2 aromatic rings. The molecule has 1 unspecified atom stereocenters. The second-order valence-corrected chi connectivity index (χ2v) is 4.27. The first-order valence-electron chi connectivity index (χ1n) is 6.06. The minimum absolute atomic E-state index is 0.0624. The van der Waals surface area contributed by atoms with Crippen molar-refractivity contribution in [1.82, 2.24) is 0 Å². The maximum atomic E-state index is 13.8. The highest BCUT2D eigenvalue weighted by molar-refractivity contribution is 5.81. The molecule has 110 valence electrons. The quantitative estimate of drug-likeness (QED) is 0.878. The normalized spacial score (nSPS) is 11.8. The molecule has 0 amide bonds. The van der Waals surface area contributed by atoms with Crippen LogP contribution in [0.5, 0.6) is 0 Å². The topological polar surface area (TPSA) is 38.3 Å². The van der Waals surface area contributed by atoms with E-state index in [0.717, 1.165) is 19.2 Å². The average Bonchev–Trinajstić information content (AvgIpc) is 2.47. The zero-order valence-corrected chi connectivity index (χ0v) is 11.1. The Balaban J connectivity index is 2.34. The minimum atomic E-state index is -1.17. The summed E-state index contributed by atoms with van der Waals surface area (Å²) in [6, 6.07) is 6.89. The Kier molecular flexibility index (Phi) is 4.47. The van der Waals surface area contributed by atoms with Crippen LogP contribution in [0, 0.1) is 17.5 Å². The Labute approximate surface area is 119 Å². The number of carbonyl (C=O) groups is 1. The largest absolute Gasteiger partial charge is 0.467 e. The molecule has 0 saturated heterocycles. The fourth-order valence-electron chi connectivity index (χ4n) is 1.83. The summed E-state index contributed by atoms with van der Waals surface area (Å²) in [6.45, 7) is 0. The summed E-state index contributed by atoms with van der Waals surface area (Å²) in [6.07, 6.45) is 0. The van der Waals surface area contributed by atoms with Gasteiger partial charge in [0.15, 0.2) is 6.04 Å². The molecule has 2 rings (SSSR count). The summed E-state index contributed by atoms with van der Waals surface area (Å²) >= 11 is 0. The highest BCUT2D eigenvalue weighted by Crippen LogP contribution is 2.24. The second-order valence-electron chi connectivity index (χ2n) is 4.27. The maximum Gasteiger partial charge on any atom is 0.333 e. The molecule has 0 saturated carbocycles. The summed E-state index contributed by atoms with van der Waals surface area (Å²) in [4.78, 5) is 11.8. The molecule has 0 heterocycles. The van der Waals surface area contributed by atoms with E-state index in [1.807, 2.05) is 0 Å². The van der Waals surface area contributed by atoms with Crippen LogP contribution in [0.3, 0.4) is 0 Å². The molecule has 0 spiro atoms. The van der Waals surface area contributed by atoms with Gasteiger partial charge in [0.05, 0.1) is 7.11 Å². The van der Waals surface area contributed by atoms with E-state index in [2.05, 4.69) is 10.1 Å². The molecule has 3 nitrogen and oxygen atoms in total. The number of anilines is 1. The number of hydrogen-bond donors (Lipinski definition) is 1. The van der Waals surface area contributed by atoms with Gasteiger partial charge >= 0.3 is 5.97 Å². The molecule has 1 atom stereocenters. The van der Waals surface area contributed by atoms with Gasteiger partial charge in [0.2, 0.25) is 0 Å². The summed E-state index contributed by atoms with van der Waals surface area (Å²) in [7, 11) is 1.16. The summed E-state index contributed by atoms with van der Waals surface area (Å²) in [5.41, 5.74) is 0.336. The third-order valence-electron chi connectivity index (χ3n) is 2.87. The third-order valence-corrected chi connectivity index (χ3v) is 2.87. The number of hydrogen-bond acceptors (Lipinski definition) is 3.